The van der Waals surface area contributed by atoms with Crippen molar-refractivity contribution in [1.29, 1.82) is 0 Å². The molecule has 8 heteroatoms. The van der Waals surface area contributed by atoms with E-state index in [-0.39, 0.29) is 18.3 Å². The Morgan fingerprint density at radius 3 is 2.50 bits per heavy atom. The molecule has 0 bridgehead atoms. The van der Waals surface area contributed by atoms with Crippen LogP contribution in [0.25, 0.3) is 5.69 Å². The van der Waals surface area contributed by atoms with Crippen molar-refractivity contribution in [3.8, 4) is 5.69 Å². The molecule has 1 saturated heterocycles. The number of carbonyl (C=O) groups is 2. The molecule has 1 aliphatic rings. The molecule has 1 aromatic carbocycles. The summed E-state index contributed by atoms with van der Waals surface area (Å²) in [6, 6.07) is 7.59. The zero-order valence-corrected chi connectivity index (χ0v) is 14.1. The van der Waals surface area contributed by atoms with Crippen LogP contribution < -0.4 is 5.56 Å². The van der Waals surface area contributed by atoms with E-state index in [1.54, 1.807) is 0 Å². The van der Waals surface area contributed by atoms with Crippen LogP contribution in [0, 0.1) is 11.7 Å². The number of benzene rings is 1. The average Bonchev–Trinajstić information content (AvgIpc) is 2.62. The van der Waals surface area contributed by atoms with E-state index < -0.39 is 29.2 Å². The van der Waals surface area contributed by atoms with Gasteiger partial charge in [-0.25, -0.2) is 4.39 Å². The highest BCUT2D eigenvalue weighted by atomic mass is 19.1. The molecule has 3 rings (SSSR count). The van der Waals surface area contributed by atoms with Crippen LogP contribution in [0.5, 0.6) is 0 Å². The van der Waals surface area contributed by atoms with Crippen LogP contribution in [0.1, 0.15) is 30.3 Å². The Bertz CT molecular complexity index is 894. The highest BCUT2D eigenvalue weighted by Crippen LogP contribution is 2.23. The summed E-state index contributed by atoms with van der Waals surface area (Å²) in [6.07, 6.45) is 1.10. The van der Waals surface area contributed by atoms with E-state index in [0.29, 0.717) is 18.5 Å². The number of carbonyl (C=O) groups excluding carboxylic acids is 1. The van der Waals surface area contributed by atoms with Crippen molar-refractivity contribution in [3.05, 3.63) is 58.3 Å². The van der Waals surface area contributed by atoms with Crippen molar-refractivity contribution in [2.75, 3.05) is 6.54 Å². The Balaban J connectivity index is 1.92. The van der Waals surface area contributed by atoms with Crippen LogP contribution in [-0.2, 0) is 4.79 Å². The number of aliphatic carboxylic acids is 1. The molecule has 1 amide bonds. The fourth-order valence-electron chi connectivity index (χ4n) is 3.03. The Labute approximate surface area is 148 Å². The van der Waals surface area contributed by atoms with Gasteiger partial charge < -0.3 is 10.0 Å². The van der Waals surface area contributed by atoms with Crippen LogP contribution in [0.4, 0.5) is 4.39 Å². The normalized spacial score (nSPS) is 20.0. The molecule has 1 N–H and O–H groups in total. The molecule has 2 unspecified atom stereocenters. The van der Waals surface area contributed by atoms with Gasteiger partial charge in [0.15, 0.2) is 0 Å². The lowest BCUT2D eigenvalue weighted by molar-refractivity contribution is -0.143. The molecule has 7 nitrogen and oxygen atoms in total. The summed E-state index contributed by atoms with van der Waals surface area (Å²) in [5.41, 5.74) is -0.0868. The molecule has 0 spiro atoms. The minimum absolute atomic E-state index is 0.0341. The maximum absolute atomic E-state index is 13.1. The van der Waals surface area contributed by atoms with Gasteiger partial charge in [0.1, 0.15) is 11.5 Å². The number of amides is 1. The van der Waals surface area contributed by atoms with Crippen LogP contribution >= 0.6 is 0 Å². The lowest BCUT2D eigenvalue weighted by Gasteiger charge is -2.36. The van der Waals surface area contributed by atoms with Crippen LogP contribution in [-0.4, -0.2) is 44.3 Å². The summed E-state index contributed by atoms with van der Waals surface area (Å²) in [5.74, 6) is -2.42. The van der Waals surface area contributed by atoms with E-state index in [0.717, 1.165) is 4.68 Å². The summed E-state index contributed by atoms with van der Waals surface area (Å²) < 4.78 is 14.1. The first-order chi connectivity index (χ1) is 12.4. The molecule has 2 atom stereocenters. The third-order valence-corrected chi connectivity index (χ3v) is 4.58. The summed E-state index contributed by atoms with van der Waals surface area (Å²) in [6.45, 7) is 1.96. The first-order valence-electron chi connectivity index (χ1n) is 8.27. The highest BCUT2D eigenvalue weighted by molar-refractivity contribution is 5.92. The molecule has 1 aliphatic heterocycles. The fourth-order valence-corrected chi connectivity index (χ4v) is 3.03. The second kappa shape index (κ2) is 7.07. The zero-order chi connectivity index (χ0) is 18.8. The van der Waals surface area contributed by atoms with Crippen molar-refractivity contribution in [2.45, 2.75) is 25.8 Å². The van der Waals surface area contributed by atoms with Crippen molar-refractivity contribution in [3.63, 3.8) is 0 Å². The van der Waals surface area contributed by atoms with Gasteiger partial charge in [-0.2, -0.15) is 9.78 Å². The number of hydrogen-bond donors (Lipinski definition) is 1. The molecule has 136 valence electrons. The van der Waals surface area contributed by atoms with E-state index >= 15 is 0 Å². The van der Waals surface area contributed by atoms with Gasteiger partial charge in [-0.05, 0) is 50.1 Å². The molecule has 0 aliphatic carbocycles. The standard InChI is InChI=1S/C18H18FN3O4/c1-11-2-3-12(18(25)26)10-21(11)17(24)15-8-9-16(23)22(20-15)14-6-4-13(19)5-7-14/h4-9,11-12H,2-3,10H2,1H3,(H,25,26). The van der Waals surface area contributed by atoms with E-state index in [2.05, 4.69) is 5.10 Å². The molecule has 2 aromatic rings. The second-order valence-electron chi connectivity index (χ2n) is 6.36. The number of piperidine rings is 1. The predicted octanol–water partition coefficient (Wildman–Crippen LogP) is 1.70. The highest BCUT2D eigenvalue weighted by Gasteiger charge is 2.33. The number of aromatic nitrogens is 2. The molecular weight excluding hydrogens is 341 g/mol. The number of hydrogen-bond acceptors (Lipinski definition) is 4. The molecule has 0 radical (unpaired) electrons. The number of rotatable bonds is 3. The zero-order valence-electron chi connectivity index (χ0n) is 14.1. The topological polar surface area (TPSA) is 92.5 Å². The summed E-state index contributed by atoms with van der Waals surface area (Å²) in [4.78, 5) is 37.6. The molecule has 1 fully saturated rings. The Morgan fingerprint density at radius 2 is 1.85 bits per heavy atom. The molecular formula is C18H18FN3O4. The minimum atomic E-state index is -0.932. The molecule has 1 aromatic heterocycles. The smallest absolute Gasteiger partial charge is 0.308 e. The van der Waals surface area contributed by atoms with Gasteiger partial charge in [0, 0.05) is 18.7 Å². The van der Waals surface area contributed by atoms with E-state index in [4.69, 9.17) is 0 Å². The second-order valence-corrected chi connectivity index (χ2v) is 6.36. The summed E-state index contributed by atoms with van der Waals surface area (Å²) in [7, 11) is 0. The van der Waals surface area contributed by atoms with Gasteiger partial charge in [0.05, 0.1) is 11.6 Å². The average molecular weight is 359 g/mol. The number of halogens is 1. The SMILES string of the molecule is CC1CCC(C(=O)O)CN1C(=O)c1ccc(=O)n(-c2ccc(F)cc2)n1. The monoisotopic (exact) mass is 359 g/mol. The number of likely N-dealkylation sites (tertiary alicyclic amines) is 1. The molecule has 26 heavy (non-hydrogen) atoms. The lowest BCUT2D eigenvalue weighted by atomic mass is 9.93. The van der Waals surface area contributed by atoms with Crippen LogP contribution in [0.15, 0.2) is 41.2 Å². The molecule has 2 heterocycles. The third kappa shape index (κ3) is 3.49. The number of nitrogens with zero attached hydrogens (tertiary/aromatic N) is 3. The van der Waals surface area contributed by atoms with Gasteiger partial charge in [0.25, 0.3) is 11.5 Å². The first-order valence-corrected chi connectivity index (χ1v) is 8.27. The van der Waals surface area contributed by atoms with Gasteiger partial charge >= 0.3 is 5.97 Å². The fraction of sp³-hybridized carbons (Fsp3) is 0.333. The van der Waals surface area contributed by atoms with Crippen LogP contribution in [0.3, 0.4) is 0 Å². The van der Waals surface area contributed by atoms with Gasteiger partial charge in [-0.3, -0.25) is 14.4 Å². The van der Waals surface area contributed by atoms with Crippen molar-refractivity contribution >= 4 is 11.9 Å². The Kier molecular flexibility index (Phi) is 4.83. The van der Waals surface area contributed by atoms with Gasteiger partial charge in [-0.1, -0.05) is 0 Å². The maximum atomic E-state index is 13.1. The summed E-state index contributed by atoms with van der Waals surface area (Å²) >= 11 is 0. The van der Waals surface area contributed by atoms with Crippen molar-refractivity contribution < 1.29 is 19.1 Å². The Morgan fingerprint density at radius 1 is 1.15 bits per heavy atom. The van der Waals surface area contributed by atoms with Crippen molar-refractivity contribution in [2.24, 2.45) is 5.92 Å². The number of carboxylic acids is 1. The lowest BCUT2D eigenvalue weighted by Crippen LogP contribution is -2.47. The van der Waals surface area contributed by atoms with Gasteiger partial charge in [0.2, 0.25) is 0 Å². The van der Waals surface area contributed by atoms with Crippen LogP contribution in [0.2, 0.25) is 0 Å². The van der Waals surface area contributed by atoms with Crippen molar-refractivity contribution in [1.82, 2.24) is 14.7 Å². The van der Waals surface area contributed by atoms with E-state index in [1.165, 1.54) is 41.3 Å². The maximum Gasteiger partial charge on any atom is 0.308 e. The summed E-state index contributed by atoms with van der Waals surface area (Å²) in [5, 5.41) is 13.3. The quantitative estimate of drug-likeness (QED) is 0.900. The molecule has 0 saturated carbocycles. The largest absolute Gasteiger partial charge is 0.481 e. The third-order valence-electron chi connectivity index (χ3n) is 4.58. The minimum Gasteiger partial charge on any atom is -0.481 e. The number of carboxylic acid groups (broad SMARTS) is 1. The van der Waals surface area contributed by atoms with Gasteiger partial charge in [-0.15, -0.1) is 0 Å². The first kappa shape index (κ1) is 17.8. The van der Waals surface area contributed by atoms with E-state index in [1.807, 2.05) is 6.92 Å². The predicted molar refractivity (Wildman–Crippen MR) is 90.7 cm³/mol. The van der Waals surface area contributed by atoms with E-state index in [9.17, 15) is 23.9 Å². The Hall–Kier alpha value is -3.03.